The quantitative estimate of drug-likeness (QED) is 0.841. The first-order valence-corrected chi connectivity index (χ1v) is 5.26. The van der Waals surface area contributed by atoms with Crippen molar-refractivity contribution in [2.24, 2.45) is 5.73 Å². The van der Waals surface area contributed by atoms with Crippen LogP contribution in [-0.2, 0) is 0 Å². The fourth-order valence-electron chi connectivity index (χ4n) is 1.94. The zero-order chi connectivity index (χ0) is 11.7. The van der Waals surface area contributed by atoms with Gasteiger partial charge in [-0.1, -0.05) is 0 Å². The minimum Gasteiger partial charge on any atom is -0.496 e. The lowest BCUT2D eigenvalue weighted by molar-refractivity contribution is 0.368. The van der Waals surface area contributed by atoms with Crippen molar-refractivity contribution in [1.82, 2.24) is 0 Å². The van der Waals surface area contributed by atoms with Gasteiger partial charge in [-0.25, -0.2) is 0 Å². The average molecular weight is 223 g/mol. The van der Waals surface area contributed by atoms with Gasteiger partial charge in [0.25, 0.3) is 0 Å². The normalized spacial score (nSPS) is 22.8. The van der Waals surface area contributed by atoms with Crippen LogP contribution in [0.15, 0.2) is 12.1 Å². The molecule has 1 aliphatic carbocycles. The van der Waals surface area contributed by atoms with Gasteiger partial charge in [-0.2, -0.15) is 0 Å². The van der Waals surface area contributed by atoms with E-state index in [1.54, 1.807) is 21.3 Å². The number of benzene rings is 1. The highest BCUT2D eigenvalue weighted by atomic mass is 16.5. The van der Waals surface area contributed by atoms with Gasteiger partial charge < -0.3 is 19.9 Å². The molecule has 1 fully saturated rings. The summed E-state index contributed by atoms with van der Waals surface area (Å²) in [5.74, 6) is 2.64. The molecule has 16 heavy (non-hydrogen) atoms. The lowest BCUT2D eigenvalue weighted by Crippen LogP contribution is -2.04. The minimum absolute atomic E-state index is 0.219. The molecule has 0 unspecified atom stereocenters. The van der Waals surface area contributed by atoms with Crippen LogP contribution in [-0.4, -0.2) is 27.4 Å². The van der Waals surface area contributed by atoms with E-state index in [1.807, 2.05) is 12.1 Å². The van der Waals surface area contributed by atoms with Gasteiger partial charge in [0.15, 0.2) is 0 Å². The molecular formula is C12H17NO3. The summed E-state index contributed by atoms with van der Waals surface area (Å²) in [6.45, 7) is 0. The summed E-state index contributed by atoms with van der Waals surface area (Å²) in [5.41, 5.74) is 6.93. The molecule has 1 aliphatic rings. The zero-order valence-electron chi connectivity index (χ0n) is 9.82. The third-order valence-corrected chi connectivity index (χ3v) is 2.96. The Bertz CT molecular complexity index is 367. The highest BCUT2D eigenvalue weighted by molar-refractivity contribution is 5.54. The number of methoxy groups -OCH3 is 3. The Morgan fingerprint density at radius 2 is 1.56 bits per heavy atom. The monoisotopic (exact) mass is 223 g/mol. The Hall–Kier alpha value is -1.42. The van der Waals surface area contributed by atoms with E-state index in [1.165, 1.54) is 0 Å². The molecule has 88 valence electrons. The van der Waals surface area contributed by atoms with Crippen LogP contribution in [0.25, 0.3) is 0 Å². The van der Waals surface area contributed by atoms with Crippen LogP contribution >= 0.6 is 0 Å². The molecule has 0 aliphatic heterocycles. The van der Waals surface area contributed by atoms with E-state index >= 15 is 0 Å². The molecule has 2 N–H and O–H groups in total. The van der Waals surface area contributed by atoms with Crippen molar-refractivity contribution in [1.29, 1.82) is 0 Å². The first-order chi connectivity index (χ1) is 7.71. The van der Waals surface area contributed by atoms with Gasteiger partial charge in [-0.3, -0.25) is 0 Å². The average Bonchev–Trinajstić information content (AvgIpc) is 3.03. The first kappa shape index (κ1) is 11.1. The number of ether oxygens (including phenoxy) is 3. The largest absolute Gasteiger partial charge is 0.496 e. The maximum Gasteiger partial charge on any atom is 0.129 e. The fourth-order valence-corrected chi connectivity index (χ4v) is 1.94. The molecule has 1 saturated carbocycles. The van der Waals surface area contributed by atoms with Gasteiger partial charge in [0.2, 0.25) is 0 Å². The maximum absolute atomic E-state index is 5.87. The van der Waals surface area contributed by atoms with Crippen LogP contribution in [0, 0.1) is 0 Å². The molecule has 4 nitrogen and oxygen atoms in total. The molecule has 0 radical (unpaired) electrons. The predicted molar refractivity (Wildman–Crippen MR) is 61.4 cm³/mol. The van der Waals surface area contributed by atoms with Gasteiger partial charge in [0, 0.05) is 29.7 Å². The molecule has 0 aromatic heterocycles. The second-order valence-electron chi connectivity index (χ2n) is 3.95. The van der Waals surface area contributed by atoms with E-state index < -0.39 is 0 Å². The van der Waals surface area contributed by atoms with Crippen molar-refractivity contribution < 1.29 is 14.2 Å². The summed E-state index contributed by atoms with van der Waals surface area (Å²) in [6, 6.07) is 3.95. The van der Waals surface area contributed by atoms with Gasteiger partial charge in [-0.15, -0.1) is 0 Å². The Labute approximate surface area is 95.3 Å². The highest BCUT2D eigenvalue weighted by Crippen LogP contribution is 2.49. The molecule has 0 amide bonds. The van der Waals surface area contributed by atoms with Crippen LogP contribution in [0.3, 0.4) is 0 Å². The Morgan fingerprint density at radius 1 is 1.06 bits per heavy atom. The Kier molecular flexibility index (Phi) is 2.92. The lowest BCUT2D eigenvalue weighted by Gasteiger charge is -2.14. The second-order valence-corrected chi connectivity index (χ2v) is 3.95. The number of hydrogen-bond donors (Lipinski definition) is 1. The van der Waals surface area contributed by atoms with E-state index in [2.05, 4.69) is 0 Å². The Balaban J connectivity index is 2.46. The molecule has 2 rings (SSSR count). The number of rotatable bonds is 4. The van der Waals surface area contributed by atoms with Crippen LogP contribution in [0.1, 0.15) is 17.9 Å². The molecule has 1 aromatic rings. The zero-order valence-corrected chi connectivity index (χ0v) is 9.82. The van der Waals surface area contributed by atoms with Gasteiger partial charge in [-0.05, 0) is 6.42 Å². The topological polar surface area (TPSA) is 53.7 Å². The summed E-state index contributed by atoms with van der Waals surface area (Å²) in [7, 11) is 4.91. The maximum atomic E-state index is 5.87. The molecule has 4 heteroatoms. The molecule has 2 atom stereocenters. The van der Waals surface area contributed by atoms with Crippen LogP contribution in [0.2, 0.25) is 0 Å². The third kappa shape index (κ3) is 1.80. The van der Waals surface area contributed by atoms with Crippen molar-refractivity contribution in [3.05, 3.63) is 17.7 Å². The third-order valence-electron chi connectivity index (χ3n) is 2.96. The Morgan fingerprint density at radius 3 is 1.88 bits per heavy atom. The van der Waals surface area contributed by atoms with E-state index in [0.29, 0.717) is 5.92 Å². The van der Waals surface area contributed by atoms with Crippen LogP contribution in [0.5, 0.6) is 17.2 Å². The smallest absolute Gasteiger partial charge is 0.129 e. The fraction of sp³-hybridized carbons (Fsp3) is 0.500. The molecular weight excluding hydrogens is 206 g/mol. The van der Waals surface area contributed by atoms with Crippen LogP contribution in [0.4, 0.5) is 0 Å². The van der Waals surface area contributed by atoms with Crippen molar-refractivity contribution in [3.8, 4) is 17.2 Å². The van der Waals surface area contributed by atoms with E-state index in [-0.39, 0.29) is 6.04 Å². The SMILES string of the molecule is COc1cc(OC)c([C@H]2C[C@H]2N)c(OC)c1. The standard InChI is InChI=1S/C12H17NO3/c1-14-7-4-10(15-2)12(8-6-9(8)13)11(5-7)16-3/h4-5,8-9H,6,13H2,1-3H3/t8-,9+/m0/s1. The molecule has 0 heterocycles. The first-order valence-electron chi connectivity index (χ1n) is 5.26. The summed E-state index contributed by atoms with van der Waals surface area (Å²) in [4.78, 5) is 0. The number of hydrogen-bond acceptors (Lipinski definition) is 4. The minimum atomic E-state index is 0.219. The predicted octanol–water partition coefficient (Wildman–Crippen LogP) is 1.53. The van der Waals surface area contributed by atoms with Crippen molar-refractivity contribution >= 4 is 0 Å². The molecule has 0 spiro atoms. The van der Waals surface area contributed by atoms with Gasteiger partial charge in [0.05, 0.1) is 21.3 Å². The summed E-state index contributed by atoms with van der Waals surface area (Å²) in [6.07, 6.45) is 0.985. The van der Waals surface area contributed by atoms with E-state index in [0.717, 1.165) is 29.2 Å². The van der Waals surface area contributed by atoms with Crippen molar-refractivity contribution in [2.45, 2.75) is 18.4 Å². The van der Waals surface area contributed by atoms with Crippen molar-refractivity contribution in [3.63, 3.8) is 0 Å². The second kappa shape index (κ2) is 4.22. The lowest BCUT2D eigenvalue weighted by atomic mass is 10.1. The van der Waals surface area contributed by atoms with E-state index in [9.17, 15) is 0 Å². The van der Waals surface area contributed by atoms with Crippen LogP contribution < -0.4 is 19.9 Å². The number of nitrogens with two attached hydrogens (primary N) is 1. The highest BCUT2D eigenvalue weighted by Gasteiger charge is 2.39. The molecule has 1 aromatic carbocycles. The summed E-state index contributed by atoms with van der Waals surface area (Å²) >= 11 is 0. The molecule has 0 saturated heterocycles. The van der Waals surface area contributed by atoms with Gasteiger partial charge >= 0.3 is 0 Å². The summed E-state index contributed by atoms with van der Waals surface area (Å²) in [5, 5.41) is 0. The van der Waals surface area contributed by atoms with E-state index in [4.69, 9.17) is 19.9 Å². The molecule has 0 bridgehead atoms. The van der Waals surface area contributed by atoms with Gasteiger partial charge in [0.1, 0.15) is 17.2 Å². The summed E-state index contributed by atoms with van der Waals surface area (Å²) < 4.78 is 15.9. The van der Waals surface area contributed by atoms with Crippen molar-refractivity contribution in [2.75, 3.05) is 21.3 Å².